The Morgan fingerprint density at radius 1 is 1.15 bits per heavy atom. The molecule has 34 heavy (non-hydrogen) atoms. The lowest BCUT2D eigenvalue weighted by Gasteiger charge is -2.30. The molecule has 0 radical (unpaired) electrons. The van der Waals surface area contributed by atoms with Crippen molar-refractivity contribution in [2.24, 2.45) is 22.8 Å². The second-order valence-corrected chi connectivity index (χ2v) is 10.7. The molecular weight excluding hydrogens is 430 g/mol. The molecule has 182 valence electrons. The average Bonchev–Trinajstić information content (AvgIpc) is 3.09. The summed E-state index contributed by atoms with van der Waals surface area (Å²) in [7, 11) is 0. The normalized spacial score (nSPS) is 21.7. The van der Waals surface area contributed by atoms with Crippen molar-refractivity contribution >= 4 is 17.7 Å². The van der Waals surface area contributed by atoms with E-state index in [1.807, 2.05) is 25.3 Å². The van der Waals surface area contributed by atoms with Gasteiger partial charge in [0.2, 0.25) is 5.91 Å². The number of aromatic nitrogens is 1. The number of aryl methyl sites for hydroxylation is 1. The number of nitrogens with two attached hydrogens (primary N) is 2. The number of ketones is 1. The first kappa shape index (κ1) is 24.2. The zero-order valence-corrected chi connectivity index (χ0v) is 20.4. The highest BCUT2D eigenvalue weighted by molar-refractivity contribution is 6.00. The third kappa shape index (κ3) is 4.94. The van der Waals surface area contributed by atoms with Crippen LogP contribution in [0.1, 0.15) is 83.5 Å². The van der Waals surface area contributed by atoms with Gasteiger partial charge < -0.3 is 20.8 Å². The molecule has 7 heteroatoms. The molecule has 2 aliphatic rings. The van der Waals surface area contributed by atoms with E-state index in [9.17, 15) is 14.4 Å². The van der Waals surface area contributed by atoms with E-state index in [1.54, 1.807) is 6.07 Å². The van der Waals surface area contributed by atoms with Crippen LogP contribution in [0.15, 0.2) is 24.4 Å². The van der Waals surface area contributed by atoms with Crippen molar-refractivity contribution < 1.29 is 19.1 Å². The van der Waals surface area contributed by atoms with Crippen molar-refractivity contribution in [2.75, 3.05) is 6.54 Å². The third-order valence-electron chi connectivity index (χ3n) is 7.26. The number of hydrogen-bond acceptors (Lipinski definition) is 5. The molecule has 1 heterocycles. The highest BCUT2D eigenvalue weighted by Gasteiger charge is 2.35. The maximum atomic E-state index is 12.8. The number of esters is 1. The van der Waals surface area contributed by atoms with E-state index in [-0.39, 0.29) is 29.8 Å². The molecule has 4 N–H and O–H groups in total. The quantitative estimate of drug-likeness (QED) is 0.632. The van der Waals surface area contributed by atoms with E-state index in [4.69, 9.17) is 16.2 Å². The van der Waals surface area contributed by atoms with Crippen LogP contribution in [0.3, 0.4) is 0 Å². The number of hydrogen-bond donors (Lipinski definition) is 2. The van der Waals surface area contributed by atoms with Crippen molar-refractivity contribution in [2.45, 2.75) is 71.8 Å². The van der Waals surface area contributed by atoms with Gasteiger partial charge in [-0.25, -0.2) is 0 Å². The van der Waals surface area contributed by atoms with Gasteiger partial charge in [-0.15, -0.1) is 0 Å². The van der Waals surface area contributed by atoms with Gasteiger partial charge in [0.25, 0.3) is 0 Å². The van der Waals surface area contributed by atoms with Crippen molar-refractivity contribution in [1.82, 2.24) is 4.57 Å². The minimum absolute atomic E-state index is 0.0792. The van der Waals surface area contributed by atoms with Crippen molar-refractivity contribution in [3.05, 3.63) is 52.3 Å². The van der Waals surface area contributed by atoms with Crippen LogP contribution < -0.4 is 11.5 Å². The SMILES string of the molecule is Cc1cn(-c2ccc(C(N)=O)c(CC3CCC(OC(=O)CN)CC3)c2)c2c1C(=O)CC(C)(C)C2. The van der Waals surface area contributed by atoms with Crippen LogP contribution in [0, 0.1) is 18.3 Å². The highest BCUT2D eigenvalue weighted by Crippen LogP contribution is 2.38. The number of primary amides is 1. The first-order valence-electron chi connectivity index (χ1n) is 12.1. The monoisotopic (exact) mass is 465 g/mol. The smallest absolute Gasteiger partial charge is 0.319 e. The van der Waals surface area contributed by atoms with Gasteiger partial charge in [-0.05, 0) is 86.1 Å². The van der Waals surface area contributed by atoms with E-state index < -0.39 is 5.91 Å². The number of fused-ring (bicyclic) bond motifs is 1. The fraction of sp³-hybridized carbons (Fsp3) is 0.519. The van der Waals surface area contributed by atoms with Gasteiger partial charge in [0.1, 0.15) is 6.10 Å². The number of nitrogens with zero attached hydrogens (tertiary/aromatic N) is 1. The maximum absolute atomic E-state index is 12.8. The van der Waals surface area contributed by atoms with E-state index in [2.05, 4.69) is 18.4 Å². The number of amides is 1. The molecule has 1 aromatic heterocycles. The Balaban J connectivity index is 1.60. The van der Waals surface area contributed by atoms with Crippen LogP contribution in [-0.2, 0) is 22.4 Å². The number of rotatable bonds is 6. The first-order valence-corrected chi connectivity index (χ1v) is 12.1. The number of ether oxygens (including phenoxy) is 1. The molecule has 1 amide bonds. The molecule has 1 fully saturated rings. The molecule has 2 aliphatic carbocycles. The molecule has 1 saturated carbocycles. The van der Waals surface area contributed by atoms with Gasteiger partial charge in [0.05, 0.1) is 6.54 Å². The van der Waals surface area contributed by atoms with Crippen LogP contribution in [0.25, 0.3) is 5.69 Å². The molecule has 1 aromatic carbocycles. The van der Waals surface area contributed by atoms with Crippen LogP contribution in [0.4, 0.5) is 0 Å². The van der Waals surface area contributed by atoms with Gasteiger partial charge in [0.15, 0.2) is 5.78 Å². The molecule has 7 nitrogen and oxygen atoms in total. The van der Waals surface area contributed by atoms with Crippen LogP contribution in [-0.4, -0.2) is 34.9 Å². The van der Waals surface area contributed by atoms with E-state index in [0.717, 1.165) is 66.6 Å². The molecule has 0 aliphatic heterocycles. The second kappa shape index (κ2) is 9.37. The lowest BCUT2D eigenvalue weighted by Crippen LogP contribution is -2.28. The van der Waals surface area contributed by atoms with Crippen LogP contribution in [0.5, 0.6) is 0 Å². The average molecular weight is 466 g/mol. The Hall–Kier alpha value is -2.93. The van der Waals surface area contributed by atoms with Crippen LogP contribution >= 0.6 is 0 Å². The summed E-state index contributed by atoms with van der Waals surface area (Å²) in [5.41, 5.74) is 16.2. The maximum Gasteiger partial charge on any atom is 0.319 e. The van der Waals surface area contributed by atoms with Crippen molar-refractivity contribution in [3.63, 3.8) is 0 Å². The van der Waals surface area contributed by atoms with E-state index in [0.29, 0.717) is 17.9 Å². The minimum atomic E-state index is -0.436. The zero-order chi connectivity index (χ0) is 24.6. The number of carbonyl (C=O) groups is 3. The van der Waals surface area contributed by atoms with Gasteiger partial charge in [-0.2, -0.15) is 0 Å². The molecule has 0 saturated heterocycles. The summed E-state index contributed by atoms with van der Waals surface area (Å²) in [6.45, 7) is 6.15. The lowest BCUT2D eigenvalue weighted by molar-refractivity contribution is -0.149. The molecule has 2 aromatic rings. The summed E-state index contributed by atoms with van der Waals surface area (Å²) < 4.78 is 7.50. The Bertz CT molecular complexity index is 1120. The molecule has 0 atom stereocenters. The van der Waals surface area contributed by atoms with E-state index >= 15 is 0 Å². The van der Waals surface area contributed by atoms with Gasteiger partial charge in [-0.3, -0.25) is 14.4 Å². The Labute approximate surface area is 200 Å². The predicted octanol–water partition coefficient (Wildman–Crippen LogP) is 3.64. The Morgan fingerprint density at radius 3 is 2.50 bits per heavy atom. The largest absolute Gasteiger partial charge is 0.461 e. The Kier molecular flexibility index (Phi) is 6.67. The molecule has 0 unspecified atom stereocenters. The van der Waals surface area contributed by atoms with Gasteiger partial charge in [-0.1, -0.05) is 13.8 Å². The number of benzene rings is 1. The summed E-state index contributed by atoms with van der Waals surface area (Å²) in [5, 5.41) is 0. The number of carbonyl (C=O) groups excluding carboxylic acids is 3. The fourth-order valence-electron chi connectivity index (χ4n) is 5.65. The second-order valence-electron chi connectivity index (χ2n) is 10.7. The first-order chi connectivity index (χ1) is 16.1. The van der Waals surface area contributed by atoms with Gasteiger partial charge >= 0.3 is 5.97 Å². The molecule has 4 rings (SSSR count). The van der Waals surface area contributed by atoms with Crippen LogP contribution in [0.2, 0.25) is 0 Å². The zero-order valence-electron chi connectivity index (χ0n) is 20.4. The minimum Gasteiger partial charge on any atom is -0.461 e. The van der Waals surface area contributed by atoms with Crippen molar-refractivity contribution in [3.8, 4) is 5.69 Å². The Morgan fingerprint density at radius 2 is 1.85 bits per heavy atom. The summed E-state index contributed by atoms with van der Waals surface area (Å²) in [6.07, 6.45) is 7.47. The van der Waals surface area contributed by atoms with Crippen molar-refractivity contribution in [1.29, 1.82) is 0 Å². The molecule has 0 spiro atoms. The van der Waals surface area contributed by atoms with E-state index in [1.165, 1.54) is 0 Å². The topological polar surface area (TPSA) is 117 Å². The third-order valence-corrected chi connectivity index (χ3v) is 7.26. The predicted molar refractivity (Wildman–Crippen MR) is 130 cm³/mol. The highest BCUT2D eigenvalue weighted by atomic mass is 16.5. The van der Waals surface area contributed by atoms with Gasteiger partial charge in [0, 0.05) is 35.1 Å². The summed E-state index contributed by atoms with van der Waals surface area (Å²) >= 11 is 0. The summed E-state index contributed by atoms with van der Waals surface area (Å²) in [4.78, 5) is 36.5. The lowest BCUT2D eigenvalue weighted by atomic mass is 9.75. The fourth-order valence-corrected chi connectivity index (χ4v) is 5.65. The summed E-state index contributed by atoms with van der Waals surface area (Å²) in [6, 6.07) is 5.77. The number of Topliss-reactive ketones (excluding diaryl/α,β-unsaturated/α-hetero) is 1. The molecular formula is C27H35N3O4. The standard InChI is InChI=1S/C27H35N3O4/c1-16-15-30(22-12-27(2,3)13-23(31)25(16)22)19-6-9-21(26(29)33)18(11-19)10-17-4-7-20(8-5-17)34-24(32)14-28/h6,9,11,15,17,20H,4-5,7-8,10,12-14,28H2,1-3H3,(H2,29,33). The molecule has 0 bridgehead atoms. The summed E-state index contributed by atoms with van der Waals surface area (Å²) in [5.74, 6) is -0.223.